The van der Waals surface area contributed by atoms with E-state index in [0.29, 0.717) is 0 Å². The first-order chi connectivity index (χ1) is 7.34. The van der Waals surface area contributed by atoms with Crippen molar-refractivity contribution < 1.29 is 0 Å². The van der Waals surface area contributed by atoms with E-state index in [0.717, 1.165) is 29.2 Å². The number of pyridine rings is 1. The van der Waals surface area contributed by atoms with Crippen LogP contribution in [0, 0.1) is 5.92 Å². The van der Waals surface area contributed by atoms with E-state index in [4.69, 9.17) is 0 Å². The molecule has 0 amide bonds. The zero-order valence-electron chi connectivity index (χ0n) is 8.88. The van der Waals surface area contributed by atoms with Crippen LogP contribution in [0.15, 0.2) is 22.8 Å². The van der Waals surface area contributed by atoms with Gasteiger partial charge in [0.1, 0.15) is 0 Å². The van der Waals surface area contributed by atoms with Gasteiger partial charge in [0.2, 0.25) is 0 Å². The molecule has 0 bridgehead atoms. The Morgan fingerprint density at radius 3 is 2.93 bits per heavy atom. The van der Waals surface area contributed by atoms with Gasteiger partial charge in [0.05, 0.1) is 5.69 Å². The Morgan fingerprint density at radius 2 is 2.27 bits per heavy atom. The highest BCUT2D eigenvalue weighted by molar-refractivity contribution is 9.10. The molecule has 0 spiro atoms. The molecule has 1 heterocycles. The van der Waals surface area contributed by atoms with Crippen molar-refractivity contribution in [3.05, 3.63) is 28.5 Å². The predicted octanol–water partition coefficient (Wildman–Crippen LogP) is 3.12. The Balaban J connectivity index is 1.58. The zero-order valence-corrected chi connectivity index (χ0v) is 10.5. The van der Waals surface area contributed by atoms with Crippen molar-refractivity contribution in [2.45, 2.75) is 32.2 Å². The minimum Gasteiger partial charge on any atom is -0.311 e. The van der Waals surface area contributed by atoms with Gasteiger partial charge < -0.3 is 5.32 Å². The van der Waals surface area contributed by atoms with Crippen molar-refractivity contribution in [1.82, 2.24) is 10.3 Å². The normalized spacial score (nSPS) is 15.5. The molecule has 0 atom stereocenters. The minimum atomic E-state index is 0.887. The second-order valence-corrected chi connectivity index (χ2v) is 5.15. The van der Waals surface area contributed by atoms with E-state index in [9.17, 15) is 0 Å². The van der Waals surface area contributed by atoms with Crippen molar-refractivity contribution >= 4 is 15.9 Å². The highest BCUT2D eigenvalue weighted by Gasteiger charge is 2.19. The molecule has 3 heteroatoms. The molecule has 2 rings (SSSR count). The number of nitrogens with zero attached hydrogens (tertiary/aromatic N) is 1. The molecule has 1 aromatic rings. The summed E-state index contributed by atoms with van der Waals surface area (Å²) in [6.07, 6.45) is 7.49. The maximum absolute atomic E-state index is 4.31. The van der Waals surface area contributed by atoms with E-state index in [-0.39, 0.29) is 0 Å². The fourth-order valence-corrected chi connectivity index (χ4v) is 1.88. The van der Waals surface area contributed by atoms with Gasteiger partial charge in [-0.25, -0.2) is 0 Å². The zero-order chi connectivity index (χ0) is 10.5. The van der Waals surface area contributed by atoms with Crippen LogP contribution in [0.1, 0.15) is 31.4 Å². The molecule has 1 N–H and O–H groups in total. The van der Waals surface area contributed by atoms with Crippen molar-refractivity contribution in [3.63, 3.8) is 0 Å². The summed E-state index contributed by atoms with van der Waals surface area (Å²) in [4.78, 5) is 4.31. The number of aromatic nitrogens is 1. The second kappa shape index (κ2) is 5.61. The summed E-state index contributed by atoms with van der Waals surface area (Å²) in [6, 6.07) is 4.09. The topological polar surface area (TPSA) is 24.9 Å². The van der Waals surface area contributed by atoms with Gasteiger partial charge in [-0.15, -0.1) is 0 Å². The fourth-order valence-electron chi connectivity index (χ4n) is 1.65. The van der Waals surface area contributed by atoms with Crippen molar-refractivity contribution in [2.75, 3.05) is 6.54 Å². The lowest BCUT2D eigenvalue weighted by Crippen LogP contribution is -2.15. The Bertz CT molecular complexity index is 293. The van der Waals surface area contributed by atoms with E-state index < -0.39 is 0 Å². The molecule has 0 radical (unpaired) electrons. The number of halogens is 1. The molecule has 2 nitrogen and oxygen atoms in total. The van der Waals surface area contributed by atoms with Crippen LogP contribution < -0.4 is 5.32 Å². The summed E-state index contributed by atoms with van der Waals surface area (Å²) in [5, 5.41) is 3.43. The monoisotopic (exact) mass is 268 g/mol. The molecule has 0 aliphatic heterocycles. The average Bonchev–Trinajstić information content (AvgIpc) is 3.04. The summed E-state index contributed by atoms with van der Waals surface area (Å²) in [6.45, 7) is 2.01. The third-order valence-electron chi connectivity index (χ3n) is 2.76. The first-order valence-corrected chi connectivity index (χ1v) is 6.45. The van der Waals surface area contributed by atoms with Gasteiger partial charge in [0, 0.05) is 17.2 Å². The molecule has 1 fully saturated rings. The molecule has 1 aliphatic rings. The maximum Gasteiger partial charge on any atom is 0.0542 e. The smallest absolute Gasteiger partial charge is 0.0542 e. The second-order valence-electron chi connectivity index (χ2n) is 4.23. The van der Waals surface area contributed by atoms with E-state index >= 15 is 0 Å². The van der Waals surface area contributed by atoms with Crippen LogP contribution in [0.5, 0.6) is 0 Å². The standard InChI is InChI=1S/C12H17BrN2/c13-11-5-6-12(15-8-11)9-14-7-1-2-10-3-4-10/h5-6,8,10,14H,1-4,7,9H2. The highest BCUT2D eigenvalue weighted by atomic mass is 79.9. The van der Waals surface area contributed by atoms with Crippen LogP contribution in [0.25, 0.3) is 0 Å². The van der Waals surface area contributed by atoms with Gasteiger partial charge in [-0.2, -0.15) is 0 Å². The summed E-state index contributed by atoms with van der Waals surface area (Å²) in [7, 11) is 0. The van der Waals surface area contributed by atoms with Gasteiger partial charge in [-0.3, -0.25) is 4.98 Å². The lowest BCUT2D eigenvalue weighted by atomic mass is 10.2. The van der Waals surface area contributed by atoms with Crippen LogP contribution in [0.4, 0.5) is 0 Å². The summed E-state index contributed by atoms with van der Waals surface area (Å²) in [5.74, 6) is 1.05. The van der Waals surface area contributed by atoms with Gasteiger partial charge in [0.15, 0.2) is 0 Å². The van der Waals surface area contributed by atoms with Crippen molar-refractivity contribution in [2.24, 2.45) is 5.92 Å². The van der Waals surface area contributed by atoms with Gasteiger partial charge in [0.25, 0.3) is 0 Å². The molecule has 15 heavy (non-hydrogen) atoms. The summed E-state index contributed by atoms with van der Waals surface area (Å²) >= 11 is 3.38. The molecule has 82 valence electrons. The van der Waals surface area contributed by atoms with Crippen LogP contribution in [0.2, 0.25) is 0 Å². The Labute approximate surface area is 99.6 Å². The van der Waals surface area contributed by atoms with Crippen LogP contribution in [-0.2, 0) is 6.54 Å². The highest BCUT2D eigenvalue weighted by Crippen LogP contribution is 2.33. The molecule has 0 aromatic carbocycles. The van der Waals surface area contributed by atoms with E-state index in [2.05, 4.69) is 32.3 Å². The largest absolute Gasteiger partial charge is 0.311 e. The molecular formula is C12H17BrN2. The van der Waals surface area contributed by atoms with Crippen LogP contribution in [-0.4, -0.2) is 11.5 Å². The minimum absolute atomic E-state index is 0.887. The van der Waals surface area contributed by atoms with E-state index in [1.807, 2.05) is 12.3 Å². The summed E-state index contributed by atoms with van der Waals surface area (Å²) in [5.41, 5.74) is 1.12. The third-order valence-corrected chi connectivity index (χ3v) is 3.23. The van der Waals surface area contributed by atoms with Crippen molar-refractivity contribution in [1.29, 1.82) is 0 Å². The quantitative estimate of drug-likeness (QED) is 0.802. The number of hydrogen-bond donors (Lipinski definition) is 1. The molecule has 0 saturated heterocycles. The lowest BCUT2D eigenvalue weighted by molar-refractivity contribution is 0.589. The average molecular weight is 269 g/mol. The number of hydrogen-bond acceptors (Lipinski definition) is 2. The Kier molecular flexibility index (Phi) is 4.15. The lowest BCUT2D eigenvalue weighted by Gasteiger charge is -2.03. The van der Waals surface area contributed by atoms with Gasteiger partial charge in [-0.05, 0) is 53.4 Å². The number of nitrogens with one attached hydrogen (secondary N) is 1. The van der Waals surface area contributed by atoms with Crippen LogP contribution >= 0.6 is 15.9 Å². The summed E-state index contributed by atoms with van der Waals surface area (Å²) < 4.78 is 1.04. The first kappa shape index (κ1) is 11.1. The number of rotatable bonds is 6. The van der Waals surface area contributed by atoms with Crippen molar-refractivity contribution in [3.8, 4) is 0 Å². The Morgan fingerprint density at radius 1 is 1.40 bits per heavy atom. The molecular weight excluding hydrogens is 252 g/mol. The van der Waals surface area contributed by atoms with E-state index in [1.54, 1.807) is 0 Å². The predicted molar refractivity (Wildman–Crippen MR) is 65.6 cm³/mol. The molecule has 1 aliphatic carbocycles. The fraction of sp³-hybridized carbons (Fsp3) is 0.583. The van der Waals surface area contributed by atoms with E-state index in [1.165, 1.54) is 25.7 Å². The third kappa shape index (κ3) is 4.31. The molecule has 0 unspecified atom stereocenters. The van der Waals surface area contributed by atoms with Gasteiger partial charge >= 0.3 is 0 Å². The Hall–Kier alpha value is -0.410. The SMILES string of the molecule is Brc1ccc(CNCCCC2CC2)nc1. The molecule has 1 aromatic heterocycles. The van der Waals surface area contributed by atoms with Gasteiger partial charge in [-0.1, -0.05) is 12.8 Å². The van der Waals surface area contributed by atoms with Crippen LogP contribution in [0.3, 0.4) is 0 Å². The molecule has 1 saturated carbocycles. The first-order valence-electron chi connectivity index (χ1n) is 5.66. The maximum atomic E-state index is 4.31.